The van der Waals surface area contributed by atoms with Crippen molar-refractivity contribution in [1.29, 1.82) is 5.26 Å². The summed E-state index contributed by atoms with van der Waals surface area (Å²) in [5, 5.41) is 11.6. The average Bonchev–Trinajstić information content (AvgIpc) is 3.08. The first-order valence-electron chi connectivity index (χ1n) is 8.76. The summed E-state index contributed by atoms with van der Waals surface area (Å²) in [6.45, 7) is 5.12. The maximum Gasteiger partial charge on any atom is 0.411 e. The third-order valence-corrected chi connectivity index (χ3v) is 4.18. The molecule has 1 fully saturated rings. The molecule has 1 saturated heterocycles. The smallest absolute Gasteiger partial charge is 0.411 e. The Morgan fingerprint density at radius 2 is 2.07 bits per heavy atom. The summed E-state index contributed by atoms with van der Waals surface area (Å²) in [6, 6.07) is 5.57. The van der Waals surface area contributed by atoms with Crippen molar-refractivity contribution in [2.75, 3.05) is 18.5 Å². The lowest BCUT2D eigenvalue weighted by Gasteiger charge is -2.27. The van der Waals surface area contributed by atoms with Crippen molar-refractivity contribution in [3.8, 4) is 6.07 Å². The van der Waals surface area contributed by atoms with Crippen LogP contribution in [-0.2, 0) is 19.1 Å². The molecule has 150 valence electrons. The van der Waals surface area contributed by atoms with Gasteiger partial charge < -0.3 is 14.8 Å². The predicted octanol–water partition coefficient (Wildman–Crippen LogP) is 3.09. The molecule has 0 aromatic heterocycles. The number of amides is 2. The molecule has 0 unspecified atom stereocenters. The van der Waals surface area contributed by atoms with E-state index in [0.29, 0.717) is 25.1 Å². The molecule has 1 N–H and O–H groups in total. The topological polar surface area (TPSA) is 109 Å². The number of benzene rings is 1. The molecule has 1 aromatic carbocycles. The molecule has 1 heterocycles. The Bertz CT molecular complexity index is 813. The van der Waals surface area contributed by atoms with Crippen molar-refractivity contribution in [3.63, 3.8) is 0 Å². The second-order valence-electron chi connectivity index (χ2n) is 7.29. The van der Waals surface area contributed by atoms with Gasteiger partial charge in [-0.15, -0.1) is 0 Å². The van der Waals surface area contributed by atoms with E-state index in [-0.39, 0.29) is 10.6 Å². The van der Waals surface area contributed by atoms with Crippen LogP contribution in [0.25, 0.3) is 0 Å². The first-order chi connectivity index (χ1) is 13.1. The number of nitrogens with one attached hydrogen (secondary N) is 1. The lowest BCUT2D eigenvalue weighted by atomic mass is 10.2. The Morgan fingerprint density at radius 1 is 1.36 bits per heavy atom. The van der Waals surface area contributed by atoms with E-state index in [1.165, 1.54) is 23.1 Å². The Morgan fingerprint density at radius 3 is 2.68 bits per heavy atom. The van der Waals surface area contributed by atoms with Crippen LogP contribution in [0.4, 0.5) is 10.5 Å². The van der Waals surface area contributed by atoms with Gasteiger partial charge in [-0.25, -0.2) is 9.59 Å². The molecule has 2 amide bonds. The lowest BCUT2D eigenvalue weighted by molar-refractivity contribution is -0.151. The summed E-state index contributed by atoms with van der Waals surface area (Å²) in [5.41, 5.74) is -0.00742. The van der Waals surface area contributed by atoms with E-state index in [9.17, 15) is 14.4 Å². The minimum Gasteiger partial charge on any atom is -0.454 e. The van der Waals surface area contributed by atoms with Gasteiger partial charge in [-0.2, -0.15) is 5.26 Å². The van der Waals surface area contributed by atoms with Gasteiger partial charge in [0.15, 0.2) is 6.61 Å². The molecule has 1 aromatic rings. The second-order valence-corrected chi connectivity index (χ2v) is 7.70. The lowest BCUT2D eigenvalue weighted by Crippen LogP contribution is -2.44. The largest absolute Gasteiger partial charge is 0.454 e. The van der Waals surface area contributed by atoms with Crippen molar-refractivity contribution < 1.29 is 23.9 Å². The molecule has 1 aliphatic rings. The highest BCUT2D eigenvalue weighted by Crippen LogP contribution is 2.22. The highest BCUT2D eigenvalue weighted by atomic mass is 35.5. The molecular formula is C19H22ClN3O5. The number of nitrogens with zero attached hydrogens (tertiary/aromatic N) is 2. The normalized spacial score (nSPS) is 16.2. The number of likely N-dealkylation sites (tertiary alicyclic amines) is 1. The van der Waals surface area contributed by atoms with Gasteiger partial charge in [-0.05, 0) is 51.8 Å². The van der Waals surface area contributed by atoms with Crippen LogP contribution in [-0.4, -0.2) is 47.7 Å². The van der Waals surface area contributed by atoms with Crippen molar-refractivity contribution in [2.45, 2.75) is 45.3 Å². The highest BCUT2D eigenvalue weighted by Gasteiger charge is 2.37. The molecule has 0 radical (unpaired) electrons. The summed E-state index contributed by atoms with van der Waals surface area (Å²) >= 11 is 5.91. The third kappa shape index (κ3) is 5.86. The van der Waals surface area contributed by atoms with E-state index < -0.39 is 36.2 Å². The van der Waals surface area contributed by atoms with Gasteiger partial charge in [0.1, 0.15) is 17.7 Å². The van der Waals surface area contributed by atoms with Crippen LogP contribution in [0.15, 0.2) is 18.2 Å². The van der Waals surface area contributed by atoms with E-state index in [0.717, 1.165) is 0 Å². The van der Waals surface area contributed by atoms with E-state index in [1.54, 1.807) is 20.8 Å². The summed E-state index contributed by atoms with van der Waals surface area (Å²) < 4.78 is 10.4. The first-order valence-corrected chi connectivity index (χ1v) is 9.14. The van der Waals surface area contributed by atoms with E-state index >= 15 is 0 Å². The van der Waals surface area contributed by atoms with Crippen molar-refractivity contribution in [2.24, 2.45) is 0 Å². The summed E-state index contributed by atoms with van der Waals surface area (Å²) in [4.78, 5) is 37.9. The number of carbonyl (C=O) groups is 3. The minimum atomic E-state index is -0.771. The number of esters is 1. The van der Waals surface area contributed by atoms with Crippen LogP contribution < -0.4 is 5.32 Å². The van der Waals surface area contributed by atoms with Crippen molar-refractivity contribution in [1.82, 2.24) is 4.90 Å². The summed E-state index contributed by atoms with van der Waals surface area (Å²) in [7, 11) is 0. The zero-order chi connectivity index (χ0) is 20.9. The van der Waals surface area contributed by atoms with Crippen molar-refractivity contribution in [3.05, 3.63) is 28.8 Å². The molecule has 8 nitrogen and oxygen atoms in total. The van der Waals surface area contributed by atoms with Gasteiger partial charge in [0.2, 0.25) is 0 Å². The quantitative estimate of drug-likeness (QED) is 0.768. The zero-order valence-corrected chi connectivity index (χ0v) is 16.7. The molecule has 9 heteroatoms. The number of carbonyl (C=O) groups excluding carboxylic acids is 3. The highest BCUT2D eigenvalue weighted by molar-refractivity contribution is 6.32. The summed E-state index contributed by atoms with van der Waals surface area (Å²) in [5.74, 6) is -1.22. The molecule has 0 aliphatic carbocycles. The van der Waals surface area contributed by atoms with Crippen LogP contribution in [0.5, 0.6) is 0 Å². The Balaban J connectivity index is 1.88. The number of halogens is 1. The Kier molecular flexibility index (Phi) is 6.86. The van der Waals surface area contributed by atoms with Crippen LogP contribution in [0, 0.1) is 11.3 Å². The van der Waals surface area contributed by atoms with Gasteiger partial charge in [-0.3, -0.25) is 9.69 Å². The van der Waals surface area contributed by atoms with Crippen LogP contribution in [0.3, 0.4) is 0 Å². The average molecular weight is 408 g/mol. The van der Waals surface area contributed by atoms with Gasteiger partial charge in [0.25, 0.3) is 5.91 Å². The molecule has 0 bridgehead atoms. The number of rotatable bonds is 4. The fourth-order valence-corrected chi connectivity index (χ4v) is 2.89. The monoisotopic (exact) mass is 407 g/mol. The number of ether oxygens (including phenoxy) is 2. The molecule has 2 rings (SSSR count). The number of anilines is 1. The van der Waals surface area contributed by atoms with Gasteiger partial charge in [0.05, 0.1) is 10.6 Å². The van der Waals surface area contributed by atoms with Gasteiger partial charge in [-0.1, -0.05) is 11.6 Å². The zero-order valence-electron chi connectivity index (χ0n) is 16.0. The fraction of sp³-hybridized carbons (Fsp3) is 0.474. The Labute approximate surface area is 168 Å². The third-order valence-electron chi connectivity index (χ3n) is 3.87. The molecule has 1 atom stereocenters. The van der Waals surface area contributed by atoms with E-state index in [2.05, 4.69) is 5.32 Å². The molecular weight excluding hydrogens is 386 g/mol. The maximum absolute atomic E-state index is 12.3. The van der Waals surface area contributed by atoms with Gasteiger partial charge in [0, 0.05) is 12.2 Å². The fourth-order valence-electron chi connectivity index (χ4n) is 2.66. The second kappa shape index (κ2) is 8.93. The molecule has 0 spiro atoms. The maximum atomic E-state index is 12.3. The van der Waals surface area contributed by atoms with Crippen LogP contribution in [0.2, 0.25) is 5.02 Å². The van der Waals surface area contributed by atoms with E-state index in [4.69, 9.17) is 26.3 Å². The molecule has 0 saturated carbocycles. The number of hydrogen-bond acceptors (Lipinski definition) is 6. The van der Waals surface area contributed by atoms with Gasteiger partial charge >= 0.3 is 12.1 Å². The molecule has 1 aliphatic heterocycles. The number of hydrogen-bond donors (Lipinski definition) is 1. The minimum absolute atomic E-state index is 0.205. The van der Waals surface area contributed by atoms with E-state index in [1.807, 2.05) is 6.07 Å². The summed E-state index contributed by atoms with van der Waals surface area (Å²) in [6.07, 6.45) is 0.517. The Hall–Kier alpha value is -2.79. The number of nitriles is 1. The standard InChI is InChI=1S/C19H22ClN3O5/c1-19(2,3)28-18(26)23-8-4-5-15(23)17(25)27-11-16(24)22-13-7-6-12(10-21)14(20)9-13/h6-7,9,15H,4-5,8,11H2,1-3H3,(H,22,24)/t15-/m0/s1. The van der Waals surface area contributed by atoms with Crippen molar-refractivity contribution >= 4 is 35.3 Å². The first kappa shape index (κ1) is 21.5. The predicted molar refractivity (Wildman–Crippen MR) is 102 cm³/mol. The molecule has 28 heavy (non-hydrogen) atoms. The SMILES string of the molecule is CC(C)(C)OC(=O)N1CCC[C@H]1C(=O)OCC(=O)Nc1ccc(C#N)c(Cl)c1. The van der Waals surface area contributed by atoms with Crippen LogP contribution >= 0.6 is 11.6 Å². The van der Waals surface area contributed by atoms with Crippen LogP contribution in [0.1, 0.15) is 39.2 Å².